The minimum absolute atomic E-state index is 0.499. The van der Waals surface area contributed by atoms with Crippen LogP contribution in [-0.4, -0.2) is 28.7 Å². The van der Waals surface area contributed by atoms with Crippen LogP contribution in [0.3, 0.4) is 0 Å². The van der Waals surface area contributed by atoms with Gasteiger partial charge in [-0.25, -0.2) is 0 Å². The molecule has 1 aliphatic heterocycles. The summed E-state index contributed by atoms with van der Waals surface area (Å²) in [4.78, 5) is 2.18. The smallest absolute Gasteiger partial charge is 0.0872 e. The van der Waals surface area contributed by atoms with E-state index < -0.39 is 5.60 Å². The van der Waals surface area contributed by atoms with E-state index in [9.17, 15) is 5.11 Å². The van der Waals surface area contributed by atoms with Crippen molar-refractivity contribution in [2.24, 2.45) is 0 Å². The summed E-state index contributed by atoms with van der Waals surface area (Å²) in [6, 6.07) is 7.83. The molecular formula is C11H14ClNO. The normalized spacial score (nSPS) is 20.5. The summed E-state index contributed by atoms with van der Waals surface area (Å²) in [6.07, 6.45) is 0. The van der Waals surface area contributed by atoms with Gasteiger partial charge < -0.3 is 5.11 Å². The third kappa shape index (κ3) is 2.08. The van der Waals surface area contributed by atoms with Gasteiger partial charge in [-0.05, 0) is 18.6 Å². The van der Waals surface area contributed by atoms with Gasteiger partial charge in [-0.1, -0.05) is 29.8 Å². The summed E-state index contributed by atoms with van der Waals surface area (Å²) < 4.78 is 0. The average molecular weight is 212 g/mol. The Morgan fingerprint density at radius 3 is 2.64 bits per heavy atom. The van der Waals surface area contributed by atoms with E-state index in [4.69, 9.17) is 11.6 Å². The lowest BCUT2D eigenvalue weighted by atomic mass is 9.96. The van der Waals surface area contributed by atoms with Crippen molar-refractivity contribution >= 4 is 11.6 Å². The lowest BCUT2D eigenvalue weighted by Gasteiger charge is -2.44. The Bertz CT molecular complexity index is 330. The van der Waals surface area contributed by atoms with Gasteiger partial charge in [0, 0.05) is 24.7 Å². The zero-order valence-electron chi connectivity index (χ0n) is 8.20. The first-order valence-electron chi connectivity index (χ1n) is 4.75. The largest absolute Gasteiger partial charge is 0.388 e. The predicted molar refractivity (Wildman–Crippen MR) is 57.4 cm³/mol. The molecule has 2 nitrogen and oxygen atoms in total. The van der Waals surface area contributed by atoms with E-state index in [2.05, 4.69) is 4.90 Å². The van der Waals surface area contributed by atoms with Crippen molar-refractivity contribution in [2.45, 2.75) is 19.1 Å². The van der Waals surface area contributed by atoms with Crippen LogP contribution in [0, 0.1) is 0 Å². The lowest BCUT2D eigenvalue weighted by molar-refractivity contribution is -0.0871. The number of β-amino-alcohol motifs (C(OH)–C–C–N with tert-alkyl or cyclic N) is 1. The maximum absolute atomic E-state index is 9.56. The van der Waals surface area contributed by atoms with E-state index in [1.54, 1.807) is 0 Å². The number of rotatable bonds is 2. The molecule has 0 bridgehead atoms. The van der Waals surface area contributed by atoms with Crippen molar-refractivity contribution in [2.75, 3.05) is 13.1 Å². The van der Waals surface area contributed by atoms with Crippen LogP contribution >= 0.6 is 11.6 Å². The molecule has 2 rings (SSSR count). The highest BCUT2D eigenvalue weighted by molar-refractivity contribution is 6.31. The Morgan fingerprint density at radius 2 is 2.07 bits per heavy atom. The number of hydrogen-bond donors (Lipinski definition) is 1. The van der Waals surface area contributed by atoms with E-state index in [0.29, 0.717) is 0 Å². The van der Waals surface area contributed by atoms with Crippen molar-refractivity contribution in [3.05, 3.63) is 34.9 Å². The van der Waals surface area contributed by atoms with Crippen LogP contribution in [0.15, 0.2) is 24.3 Å². The van der Waals surface area contributed by atoms with E-state index in [-0.39, 0.29) is 0 Å². The number of halogens is 1. The molecule has 1 aliphatic rings. The molecule has 0 radical (unpaired) electrons. The Morgan fingerprint density at radius 1 is 1.43 bits per heavy atom. The van der Waals surface area contributed by atoms with Crippen LogP contribution in [0.1, 0.15) is 12.5 Å². The molecule has 0 aromatic heterocycles. The zero-order valence-corrected chi connectivity index (χ0v) is 8.96. The van der Waals surface area contributed by atoms with Crippen molar-refractivity contribution in [1.29, 1.82) is 0 Å². The predicted octanol–water partition coefficient (Wildman–Crippen LogP) is 1.91. The first-order valence-corrected chi connectivity index (χ1v) is 5.13. The number of hydrogen-bond acceptors (Lipinski definition) is 2. The van der Waals surface area contributed by atoms with Crippen LogP contribution in [-0.2, 0) is 6.54 Å². The molecule has 76 valence electrons. The van der Waals surface area contributed by atoms with Gasteiger partial charge >= 0.3 is 0 Å². The van der Waals surface area contributed by atoms with Crippen molar-refractivity contribution < 1.29 is 5.11 Å². The minimum atomic E-state index is -0.499. The molecule has 0 unspecified atom stereocenters. The number of nitrogens with zero attached hydrogens (tertiary/aromatic N) is 1. The van der Waals surface area contributed by atoms with E-state index in [1.165, 1.54) is 0 Å². The molecule has 1 aromatic carbocycles. The van der Waals surface area contributed by atoms with Crippen molar-refractivity contribution in [3.8, 4) is 0 Å². The van der Waals surface area contributed by atoms with Crippen LogP contribution in [0.25, 0.3) is 0 Å². The Balaban J connectivity index is 1.97. The van der Waals surface area contributed by atoms with E-state index in [0.717, 1.165) is 30.2 Å². The second-order valence-electron chi connectivity index (χ2n) is 4.23. The van der Waals surface area contributed by atoms with Crippen molar-refractivity contribution in [3.63, 3.8) is 0 Å². The van der Waals surface area contributed by atoms with Gasteiger partial charge in [-0.2, -0.15) is 0 Å². The number of likely N-dealkylation sites (tertiary alicyclic amines) is 1. The summed E-state index contributed by atoms with van der Waals surface area (Å²) in [5.41, 5.74) is 0.631. The average Bonchev–Trinajstić information content (AvgIpc) is 2.05. The molecule has 0 saturated carbocycles. The maximum atomic E-state index is 9.56. The quantitative estimate of drug-likeness (QED) is 0.808. The summed E-state index contributed by atoms with van der Waals surface area (Å²) in [7, 11) is 0. The van der Waals surface area contributed by atoms with Crippen molar-refractivity contribution in [1.82, 2.24) is 4.90 Å². The van der Waals surface area contributed by atoms with Crippen LogP contribution in [0.2, 0.25) is 5.02 Å². The third-order valence-corrected chi connectivity index (χ3v) is 2.85. The second-order valence-corrected chi connectivity index (χ2v) is 4.64. The number of aliphatic hydroxyl groups is 1. The third-order valence-electron chi connectivity index (χ3n) is 2.48. The van der Waals surface area contributed by atoms with Gasteiger partial charge in [-0.3, -0.25) is 4.90 Å². The fraction of sp³-hybridized carbons (Fsp3) is 0.455. The number of benzene rings is 1. The maximum Gasteiger partial charge on any atom is 0.0872 e. The first-order chi connectivity index (χ1) is 6.57. The standard InChI is InChI=1S/C11H14ClNO/c1-11(14)7-13(8-11)6-9-4-2-3-5-10(9)12/h2-5,14H,6-8H2,1H3. The monoisotopic (exact) mass is 211 g/mol. The highest BCUT2D eigenvalue weighted by Gasteiger charge is 2.36. The molecule has 0 aliphatic carbocycles. The van der Waals surface area contributed by atoms with Gasteiger partial charge in [-0.15, -0.1) is 0 Å². The lowest BCUT2D eigenvalue weighted by Crippen LogP contribution is -2.59. The molecule has 1 saturated heterocycles. The Kier molecular flexibility index (Phi) is 2.52. The van der Waals surface area contributed by atoms with E-state index >= 15 is 0 Å². The summed E-state index contributed by atoms with van der Waals surface area (Å²) in [5.74, 6) is 0. The zero-order chi connectivity index (χ0) is 10.2. The van der Waals surface area contributed by atoms with Gasteiger partial charge in [0.05, 0.1) is 5.60 Å². The van der Waals surface area contributed by atoms with Crippen LogP contribution < -0.4 is 0 Å². The van der Waals surface area contributed by atoms with Crippen LogP contribution in [0.5, 0.6) is 0 Å². The molecule has 1 heterocycles. The second kappa shape index (κ2) is 3.54. The molecule has 1 N–H and O–H groups in total. The summed E-state index contributed by atoms with van der Waals surface area (Å²) in [6.45, 7) is 4.16. The Hall–Kier alpha value is -0.570. The van der Waals surface area contributed by atoms with Gasteiger partial charge in [0.25, 0.3) is 0 Å². The van der Waals surface area contributed by atoms with Gasteiger partial charge in [0.1, 0.15) is 0 Å². The Labute approximate surface area is 89.1 Å². The van der Waals surface area contributed by atoms with Crippen LogP contribution in [0.4, 0.5) is 0 Å². The molecule has 0 amide bonds. The van der Waals surface area contributed by atoms with Gasteiger partial charge in [0.2, 0.25) is 0 Å². The molecule has 0 spiro atoms. The summed E-state index contributed by atoms with van der Waals surface area (Å²) in [5, 5.41) is 10.4. The fourth-order valence-corrected chi connectivity index (χ4v) is 2.09. The molecule has 1 fully saturated rings. The first kappa shape index (κ1) is 9.97. The topological polar surface area (TPSA) is 23.5 Å². The highest BCUT2D eigenvalue weighted by atomic mass is 35.5. The molecule has 0 atom stereocenters. The molecular weight excluding hydrogens is 198 g/mol. The SMILES string of the molecule is CC1(O)CN(Cc2ccccc2Cl)C1. The molecule has 14 heavy (non-hydrogen) atoms. The molecule has 1 aromatic rings. The highest BCUT2D eigenvalue weighted by Crippen LogP contribution is 2.24. The van der Waals surface area contributed by atoms with E-state index in [1.807, 2.05) is 31.2 Å². The fourth-order valence-electron chi connectivity index (χ4n) is 1.90. The minimum Gasteiger partial charge on any atom is -0.388 e. The van der Waals surface area contributed by atoms with Gasteiger partial charge in [0.15, 0.2) is 0 Å². The molecule has 3 heteroatoms. The summed E-state index contributed by atoms with van der Waals surface area (Å²) >= 11 is 6.03.